The van der Waals surface area contributed by atoms with Gasteiger partial charge in [-0.05, 0) is 0 Å². The fraction of sp³-hybridized carbons (Fsp3) is 1.00. The molecule has 0 rings (SSSR count). The minimum Gasteiger partial charge on any atom is -0.363 e. The second kappa shape index (κ2) is 7.50. The minimum absolute atomic E-state index is 0.214. The van der Waals surface area contributed by atoms with Gasteiger partial charge >= 0.3 is 0 Å². The van der Waals surface area contributed by atoms with E-state index in [-0.39, 0.29) is 12.1 Å². The number of alkyl halides is 2. The van der Waals surface area contributed by atoms with Crippen LogP contribution >= 0.6 is 23.2 Å². The molecule has 0 aliphatic heterocycles. The Hall–Kier alpha value is 0.500. The fourth-order valence-corrected chi connectivity index (χ4v) is 0.445. The summed E-state index contributed by atoms with van der Waals surface area (Å²) in [7, 11) is 0. The van der Waals surface area contributed by atoms with E-state index in [9.17, 15) is 0 Å². The van der Waals surface area contributed by atoms with Gasteiger partial charge in [-0.15, -0.1) is 0 Å². The molecule has 0 aliphatic rings. The molecule has 0 unspecified atom stereocenters. The molecular formula is C4H8Cl2O2. The van der Waals surface area contributed by atoms with Crippen LogP contribution in [0.2, 0.25) is 0 Å². The molecular weight excluding hydrogens is 151 g/mol. The third-order valence-electron chi connectivity index (χ3n) is 0.526. The molecule has 0 fully saturated rings. The summed E-state index contributed by atoms with van der Waals surface area (Å²) in [6.07, 6.45) is 0. The Bertz CT molecular complexity index is 37.0. The predicted molar refractivity (Wildman–Crippen MR) is 33.3 cm³/mol. The van der Waals surface area contributed by atoms with Crippen LogP contribution in [0.5, 0.6) is 0 Å². The fourth-order valence-electron chi connectivity index (χ4n) is 0.227. The molecule has 50 valence electrons. The third-order valence-corrected chi connectivity index (χ3v) is 0.835. The average molecular weight is 159 g/mol. The molecule has 0 saturated heterocycles. The summed E-state index contributed by atoms with van der Waals surface area (Å²) in [6.45, 7) is 1.02. The molecule has 8 heavy (non-hydrogen) atoms. The predicted octanol–water partition coefficient (Wildman–Crippen LogP) is 1.41. The van der Waals surface area contributed by atoms with Gasteiger partial charge in [0.15, 0.2) is 0 Å². The molecule has 4 heteroatoms. The van der Waals surface area contributed by atoms with Crippen molar-refractivity contribution in [3.05, 3.63) is 0 Å². The van der Waals surface area contributed by atoms with Crippen molar-refractivity contribution in [3.8, 4) is 0 Å². The van der Waals surface area contributed by atoms with Gasteiger partial charge in [-0.3, -0.25) is 0 Å². The molecule has 0 aliphatic carbocycles. The van der Waals surface area contributed by atoms with Crippen LogP contribution in [0.1, 0.15) is 0 Å². The Morgan fingerprint density at radius 3 is 1.50 bits per heavy atom. The van der Waals surface area contributed by atoms with E-state index in [0.29, 0.717) is 13.2 Å². The quantitative estimate of drug-likeness (QED) is 0.446. The maximum Gasteiger partial charge on any atom is 0.120 e. The Labute approximate surface area is 58.7 Å². The van der Waals surface area contributed by atoms with Gasteiger partial charge in [0.25, 0.3) is 0 Å². The molecule has 0 spiro atoms. The van der Waals surface area contributed by atoms with Crippen LogP contribution in [0, 0.1) is 0 Å². The topological polar surface area (TPSA) is 18.5 Å². The largest absolute Gasteiger partial charge is 0.363 e. The average Bonchev–Trinajstić information content (AvgIpc) is 1.81. The molecule has 0 aromatic carbocycles. The molecule has 0 radical (unpaired) electrons. The van der Waals surface area contributed by atoms with Crippen molar-refractivity contribution in [1.29, 1.82) is 0 Å². The van der Waals surface area contributed by atoms with Crippen LogP contribution in [0.15, 0.2) is 0 Å². The minimum atomic E-state index is 0.214. The van der Waals surface area contributed by atoms with E-state index in [1.807, 2.05) is 0 Å². The molecule has 2 nitrogen and oxygen atoms in total. The van der Waals surface area contributed by atoms with Crippen LogP contribution < -0.4 is 0 Å². The monoisotopic (exact) mass is 158 g/mol. The maximum absolute atomic E-state index is 5.17. The van der Waals surface area contributed by atoms with Gasteiger partial charge in [0, 0.05) is 0 Å². The van der Waals surface area contributed by atoms with Gasteiger partial charge < -0.3 is 9.47 Å². The standard InChI is InChI=1S/C4H8Cl2O2/c5-3-7-1-2-8-4-6/h1-4H2. The van der Waals surface area contributed by atoms with E-state index in [1.165, 1.54) is 0 Å². The molecule has 0 atom stereocenters. The van der Waals surface area contributed by atoms with Gasteiger partial charge in [0.1, 0.15) is 12.1 Å². The summed E-state index contributed by atoms with van der Waals surface area (Å²) in [6, 6.07) is 0.428. The highest BCUT2D eigenvalue weighted by Gasteiger charge is 1.82. The first-order valence-corrected chi connectivity index (χ1v) is 3.26. The van der Waals surface area contributed by atoms with Gasteiger partial charge in [0.05, 0.1) is 13.2 Å². The zero-order valence-corrected chi connectivity index (χ0v) is 5.91. The molecule has 0 saturated carbocycles. The smallest absolute Gasteiger partial charge is 0.120 e. The van der Waals surface area contributed by atoms with E-state index in [1.54, 1.807) is 0 Å². The van der Waals surface area contributed by atoms with Crippen molar-refractivity contribution in [3.63, 3.8) is 0 Å². The summed E-state index contributed by atoms with van der Waals surface area (Å²) in [5.74, 6) is 0. The lowest BCUT2D eigenvalue weighted by atomic mass is 10.8. The van der Waals surface area contributed by atoms with Crippen LogP contribution in [0.3, 0.4) is 0 Å². The molecule has 0 bridgehead atoms. The number of rotatable bonds is 5. The first-order chi connectivity index (χ1) is 3.91. The van der Waals surface area contributed by atoms with Gasteiger partial charge in [-0.2, -0.15) is 0 Å². The zero-order chi connectivity index (χ0) is 6.24. The van der Waals surface area contributed by atoms with Crippen molar-refractivity contribution in [1.82, 2.24) is 0 Å². The Morgan fingerprint density at radius 2 is 1.25 bits per heavy atom. The van der Waals surface area contributed by atoms with Crippen LogP contribution in [-0.4, -0.2) is 25.3 Å². The van der Waals surface area contributed by atoms with Crippen molar-refractivity contribution in [2.45, 2.75) is 0 Å². The van der Waals surface area contributed by atoms with E-state index in [0.717, 1.165) is 0 Å². The van der Waals surface area contributed by atoms with Crippen LogP contribution in [0.4, 0.5) is 0 Å². The molecule has 0 heterocycles. The maximum atomic E-state index is 5.17. The molecule has 0 aromatic rings. The van der Waals surface area contributed by atoms with Crippen molar-refractivity contribution >= 4 is 23.2 Å². The van der Waals surface area contributed by atoms with E-state index in [4.69, 9.17) is 32.7 Å². The summed E-state index contributed by atoms with van der Waals surface area (Å²) < 4.78 is 9.43. The highest BCUT2D eigenvalue weighted by Crippen LogP contribution is 1.82. The molecule has 0 N–H and O–H groups in total. The van der Waals surface area contributed by atoms with Gasteiger partial charge in [-0.1, -0.05) is 23.2 Å². The number of halogens is 2. The van der Waals surface area contributed by atoms with Crippen LogP contribution in [-0.2, 0) is 9.47 Å². The lowest BCUT2D eigenvalue weighted by Gasteiger charge is -1.97. The van der Waals surface area contributed by atoms with Gasteiger partial charge in [-0.25, -0.2) is 0 Å². The molecule has 0 aromatic heterocycles. The number of ether oxygens (including phenoxy) is 2. The summed E-state index contributed by atoms with van der Waals surface area (Å²) in [5, 5.41) is 0. The Kier molecular flexibility index (Phi) is 7.97. The van der Waals surface area contributed by atoms with Crippen LogP contribution in [0.25, 0.3) is 0 Å². The lowest BCUT2D eigenvalue weighted by molar-refractivity contribution is 0.0853. The first-order valence-electron chi connectivity index (χ1n) is 2.19. The second-order valence-corrected chi connectivity index (χ2v) is 1.47. The van der Waals surface area contributed by atoms with Crippen molar-refractivity contribution < 1.29 is 9.47 Å². The second-order valence-electron chi connectivity index (χ2n) is 1.03. The molecule has 0 amide bonds. The number of hydrogen-bond acceptors (Lipinski definition) is 2. The lowest BCUT2D eigenvalue weighted by Crippen LogP contribution is -2.01. The summed E-state index contributed by atoms with van der Waals surface area (Å²) >= 11 is 10.3. The SMILES string of the molecule is ClCOCCOCCl. The van der Waals surface area contributed by atoms with E-state index < -0.39 is 0 Å². The zero-order valence-electron chi connectivity index (χ0n) is 4.40. The van der Waals surface area contributed by atoms with E-state index in [2.05, 4.69) is 0 Å². The highest BCUT2D eigenvalue weighted by molar-refractivity contribution is 6.17. The first kappa shape index (κ1) is 8.50. The number of hydrogen-bond donors (Lipinski definition) is 0. The van der Waals surface area contributed by atoms with Crippen molar-refractivity contribution in [2.24, 2.45) is 0 Å². The summed E-state index contributed by atoms with van der Waals surface area (Å²) in [5.41, 5.74) is 0. The van der Waals surface area contributed by atoms with E-state index >= 15 is 0 Å². The Balaban J connectivity index is 2.53. The normalized spacial score (nSPS) is 9.75. The third kappa shape index (κ3) is 6.50. The van der Waals surface area contributed by atoms with Gasteiger partial charge in [0.2, 0.25) is 0 Å². The summed E-state index contributed by atoms with van der Waals surface area (Å²) in [4.78, 5) is 0. The Morgan fingerprint density at radius 1 is 0.875 bits per heavy atom. The van der Waals surface area contributed by atoms with Crippen molar-refractivity contribution in [2.75, 3.05) is 25.3 Å². The highest BCUT2D eigenvalue weighted by atomic mass is 35.5.